The van der Waals surface area contributed by atoms with Crippen molar-refractivity contribution in [3.63, 3.8) is 0 Å². The van der Waals surface area contributed by atoms with Gasteiger partial charge in [-0.1, -0.05) is 34.0 Å². The third-order valence-corrected chi connectivity index (χ3v) is 4.00. The lowest BCUT2D eigenvalue weighted by atomic mass is 10.1. The van der Waals surface area contributed by atoms with Gasteiger partial charge in [0.1, 0.15) is 0 Å². The Hall–Kier alpha value is -3.13. The SMILES string of the molecule is Cc1cc(C(=O)NC[C@@H](NC(=O)c2cc(C)no2)c2ccc(Cl)cc2)on1. The Morgan fingerprint density at radius 2 is 1.56 bits per heavy atom. The molecule has 0 radical (unpaired) electrons. The molecule has 0 unspecified atom stereocenters. The largest absolute Gasteiger partial charge is 0.351 e. The van der Waals surface area contributed by atoms with E-state index in [0.717, 1.165) is 5.56 Å². The fourth-order valence-electron chi connectivity index (χ4n) is 2.40. The summed E-state index contributed by atoms with van der Waals surface area (Å²) in [7, 11) is 0. The molecule has 2 amide bonds. The predicted molar refractivity (Wildman–Crippen MR) is 96.5 cm³/mol. The van der Waals surface area contributed by atoms with Gasteiger partial charge in [-0.05, 0) is 31.5 Å². The van der Waals surface area contributed by atoms with Crippen LogP contribution in [0, 0.1) is 13.8 Å². The number of halogens is 1. The normalized spacial score (nSPS) is 11.8. The van der Waals surface area contributed by atoms with E-state index in [1.54, 1.807) is 38.1 Å². The number of rotatable bonds is 6. The van der Waals surface area contributed by atoms with Gasteiger partial charge in [-0.15, -0.1) is 0 Å². The zero-order valence-electron chi connectivity index (χ0n) is 14.7. The molecule has 2 aromatic heterocycles. The quantitative estimate of drug-likeness (QED) is 0.671. The van der Waals surface area contributed by atoms with Crippen LogP contribution in [0.5, 0.6) is 0 Å². The van der Waals surface area contributed by atoms with Crippen molar-refractivity contribution in [2.75, 3.05) is 6.54 Å². The first kappa shape index (κ1) is 18.7. The number of aromatic nitrogens is 2. The lowest BCUT2D eigenvalue weighted by molar-refractivity contribution is 0.0871. The zero-order chi connectivity index (χ0) is 19.4. The van der Waals surface area contributed by atoms with Crippen molar-refractivity contribution in [3.05, 3.63) is 69.9 Å². The monoisotopic (exact) mass is 388 g/mol. The fourth-order valence-corrected chi connectivity index (χ4v) is 2.53. The number of benzene rings is 1. The molecule has 0 aliphatic heterocycles. The van der Waals surface area contributed by atoms with Crippen LogP contribution in [0.3, 0.4) is 0 Å². The van der Waals surface area contributed by atoms with Crippen LogP contribution in [-0.4, -0.2) is 28.7 Å². The summed E-state index contributed by atoms with van der Waals surface area (Å²) in [5.74, 6) is -0.692. The molecule has 0 fully saturated rings. The molecule has 0 spiro atoms. The van der Waals surface area contributed by atoms with Crippen LogP contribution in [0.15, 0.2) is 45.4 Å². The van der Waals surface area contributed by atoms with E-state index >= 15 is 0 Å². The second-order valence-electron chi connectivity index (χ2n) is 5.95. The van der Waals surface area contributed by atoms with Gasteiger partial charge in [-0.25, -0.2) is 0 Å². The third-order valence-electron chi connectivity index (χ3n) is 3.75. The van der Waals surface area contributed by atoms with Crippen LogP contribution in [0.1, 0.15) is 44.1 Å². The Kier molecular flexibility index (Phi) is 5.56. The number of carbonyl (C=O) groups is 2. The number of hydrogen-bond donors (Lipinski definition) is 2. The van der Waals surface area contributed by atoms with Crippen LogP contribution in [0.25, 0.3) is 0 Å². The molecule has 0 aliphatic carbocycles. The highest BCUT2D eigenvalue weighted by molar-refractivity contribution is 6.30. The average molecular weight is 389 g/mol. The van der Waals surface area contributed by atoms with Gasteiger partial charge in [-0.3, -0.25) is 9.59 Å². The first-order valence-electron chi connectivity index (χ1n) is 8.13. The van der Waals surface area contributed by atoms with E-state index in [1.165, 1.54) is 12.1 Å². The molecule has 0 bridgehead atoms. The van der Waals surface area contributed by atoms with E-state index in [9.17, 15) is 9.59 Å². The third kappa shape index (κ3) is 4.73. The average Bonchev–Trinajstić information content (AvgIpc) is 3.27. The molecule has 140 valence electrons. The van der Waals surface area contributed by atoms with E-state index < -0.39 is 17.9 Å². The maximum absolute atomic E-state index is 12.4. The summed E-state index contributed by atoms with van der Waals surface area (Å²) in [6, 6.07) is 9.49. The maximum Gasteiger partial charge on any atom is 0.290 e. The molecule has 27 heavy (non-hydrogen) atoms. The maximum atomic E-state index is 12.4. The molecule has 0 saturated heterocycles. The number of amides is 2. The number of nitrogens with one attached hydrogen (secondary N) is 2. The van der Waals surface area contributed by atoms with Crippen molar-refractivity contribution in [3.8, 4) is 0 Å². The van der Waals surface area contributed by atoms with Crippen molar-refractivity contribution >= 4 is 23.4 Å². The predicted octanol–water partition coefficient (Wildman–Crippen LogP) is 2.83. The highest BCUT2D eigenvalue weighted by Crippen LogP contribution is 2.17. The smallest absolute Gasteiger partial charge is 0.290 e. The van der Waals surface area contributed by atoms with Crippen LogP contribution in [0.2, 0.25) is 5.02 Å². The summed E-state index contributed by atoms with van der Waals surface area (Å²) in [6.45, 7) is 3.56. The topological polar surface area (TPSA) is 110 Å². The van der Waals surface area contributed by atoms with E-state index in [2.05, 4.69) is 20.9 Å². The van der Waals surface area contributed by atoms with Crippen molar-refractivity contribution < 1.29 is 18.6 Å². The molecule has 0 aliphatic rings. The minimum atomic E-state index is -0.520. The van der Waals surface area contributed by atoms with Gasteiger partial charge in [0.25, 0.3) is 11.8 Å². The highest BCUT2D eigenvalue weighted by Gasteiger charge is 2.21. The van der Waals surface area contributed by atoms with E-state index in [4.69, 9.17) is 20.6 Å². The summed E-state index contributed by atoms with van der Waals surface area (Å²) in [5, 5.41) is 13.5. The molecule has 9 heteroatoms. The molecule has 3 aromatic rings. The molecule has 3 rings (SSSR count). The molecule has 2 N–H and O–H groups in total. The van der Waals surface area contributed by atoms with E-state index in [1.807, 2.05) is 0 Å². The fraction of sp³-hybridized carbons (Fsp3) is 0.222. The standard InChI is InChI=1S/C18H17ClN4O4/c1-10-7-15(26-22-10)17(24)20-9-14(12-3-5-13(19)6-4-12)21-18(25)16-8-11(2)23-27-16/h3-8,14H,9H2,1-2H3,(H,20,24)(H,21,25)/t14-/m1/s1. The molecular formula is C18H17ClN4O4. The Labute approximate surface area is 159 Å². The summed E-state index contributed by atoms with van der Waals surface area (Å²) in [5.41, 5.74) is 1.96. The summed E-state index contributed by atoms with van der Waals surface area (Å²) >= 11 is 5.93. The Balaban J connectivity index is 1.74. The molecular weight excluding hydrogens is 372 g/mol. The molecule has 8 nitrogen and oxygen atoms in total. The molecule has 2 heterocycles. The number of carbonyl (C=O) groups excluding carboxylic acids is 2. The van der Waals surface area contributed by atoms with Crippen molar-refractivity contribution in [2.24, 2.45) is 0 Å². The van der Waals surface area contributed by atoms with Crippen molar-refractivity contribution in [1.29, 1.82) is 0 Å². The van der Waals surface area contributed by atoms with E-state index in [0.29, 0.717) is 16.4 Å². The van der Waals surface area contributed by atoms with Gasteiger partial charge in [-0.2, -0.15) is 0 Å². The number of hydrogen-bond acceptors (Lipinski definition) is 6. The first-order valence-corrected chi connectivity index (χ1v) is 8.51. The number of aryl methyl sites for hydroxylation is 2. The molecule has 0 saturated carbocycles. The Morgan fingerprint density at radius 3 is 2.07 bits per heavy atom. The van der Waals surface area contributed by atoms with Gasteiger partial charge < -0.3 is 19.7 Å². The summed E-state index contributed by atoms with van der Waals surface area (Å²) in [4.78, 5) is 24.6. The Morgan fingerprint density at radius 1 is 1.00 bits per heavy atom. The first-order chi connectivity index (χ1) is 12.9. The molecule has 1 atom stereocenters. The van der Waals surface area contributed by atoms with Crippen LogP contribution in [0.4, 0.5) is 0 Å². The Bertz CT molecular complexity index is 948. The minimum absolute atomic E-state index is 0.0867. The number of nitrogens with zero attached hydrogens (tertiary/aromatic N) is 2. The van der Waals surface area contributed by atoms with Gasteiger partial charge in [0.2, 0.25) is 11.5 Å². The molecule has 1 aromatic carbocycles. The van der Waals surface area contributed by atoms with Crippen molar-refractivity contribution in [1.82, 2.24) is 20.9 Å². The second kappa shape index (κ2) is 8.05. The van der Waals surface area contributed by atoms with E-state index in [-0.39, 0.29) is 18.1 Å². The van der Waals surface area contributed by atoms with Crippen molar-refractivity contribution in [2.45, 2.75) is 19.9 Å². The summed E-state index contributed by atoms with van der Waals surface area (Å²) < 4.78 is 9.93. The van der Waals surface area contributed by atoms with Gasteiger partial charge in [0.15, 0.2) is 0 Å². The van der Waals surface area contributed by atoms with Gasteiger partial charge in [0.05, 0.1) is 17.4 Å². The van der Waals surface area contributed by atoms with Crippen LogP contribution in [-0.2, 0) is 0 Å². The van der Waals surface area contributed by atoms with Gasteiger partial charge in [0, 0.05) is 23.7 Å². The van der Waals surface area contributed by atoms with Crippen LogP contribution >= 0.6 is 11.6 Å². The highest BCUT2D eigenvalue weighted by atomic mass is 35.5. The minimum Gasteiger partial charge on any atom is -0.351 e. The van der Waals surface area contributed by atoms with Crippen LogP contribution < -0.4 is 10.6 Å². The summed E-state index contributed by atoms with van der Waals surface area (Å²) in [6.07, 6.45) is 0. The van der Waals surface area contributed by atoms with Gasteiger partial charge >= 0.3 is 0 Å². The lowest BCUT2D eigenvalue weighted by Crippen LogP contribution is -2.37. The second-order valence-corrected chi connectivity index (χ2v) is 6.39. The lowest BCUT2D eigenvalue weighted by Gasteiger charge is -2.19. The zero-order valence-corrected chi connectivity index (χ0v) is 15.4.